The molecule has 1 fully saturated rings. The second kappa shape index (κ2) is 8.63. The predicted octanol–water partition coefficient (Wildman–Crippen LogP) is 3.67. The van der Waals surface area contributed by atoms with E-state index >= 15 is 0 Å². The predicted molar refractivity (Wildman–Crippen MR) is 104 cm³/mol. The number of amides is 1. The zero-order chi connectivity index (χ0) is 19.4. The lowest BCUT2D eigenvalue weighted by Crippen LogP contribution is -2.48. The second-order valence-corrected chi connectivity index (χ2v) is 7.35. The molecule has 5 heteroatoms. The van der Waals surface area contributed by atoms with Crippen molar-refractivity contribution in [1.82, 2.24) is 10.2 Å². The van der Waals surface area contributed by atoms with Crippen LogP contribution in [0.4, 0.5) is 4.39 Å². The molecule has 0 saturated carbocycles. The highest BCUT2D eigenvalue weighted by Crippen LogP contribution is 2.15. The van der Waals surface area contributed by atoms with Crippen molar-refractivity contribution in [3.8, 4) is 0 Å². The number of nitrogens with one attached hydrogen (secondary N) is 1. The van der Waals surface area contributed by atoms with Gasteiger partial charge in [0.2, 0.25) is 0 Å². The number of benzene rings is 2. The van der Waals surface area contributed by atoms with Crippen molar-refractivity contribution < 1.29 is 13.9 Å². The van der Waals surface area contributed by atoms with Crippen LogP contribution in [0.15, 0.2) is 42.5 Å². The summed E-state index contributed by atoms with van der Waals surface area (Å²) in [5.74, 6) is -0.124. The van der Waals surface area contributed by atoms with Gasteiger partial charge in [-0.15, -0.1) is 0 Å². The average molecular weight is 370 g/mol. The molecule has 144 valence electrons. The van der Waals surface area contributed by atoms with Crippen molar-refractivity contribution in [1.29, 1.82) is 0 Å². The molecule has 0 radical (unpaired) electrons. The first-order chi connectivity index (χ1) is 12.9. The molecule has 1 N–H and O–H groups in total. The monoisotopic (exact) mass is 370 g/mol. The maximum Gasteiger partial charge on any atom is 0.254 e. The molecule has 1 heterocycles. The number of hydrogen-bond acceptors (Lipinski definition) is 3. The van der Waals surface area contributed by atoms with Gasteiger partial charge in [0.1, 0.15) is 5.82 Å². The molecule has 1 aliphatic heterocycles. The van der Waals surface area contributed by atoms with E-state index < -0.39 is 0 Å². The molecule has 2 aromatic carbocycles. The summed E-state index contributed by atoms with van der Waals surface area (Å²) in [4.78, 5) is 14.5. The summed E-state index contributed by atoms with van der Waals surface area (Å²) in [5.41, 5.74) is 3.52. The highest BCUT2D eigenvalue weighted by Gasteiger charge is 2.26. The van der Waals surface area contributed by atoms with Gasteiger partial charge in [-0.05, 0) is 55.7 Å². The number of aryl methyl sites for hydroxylation is 1. The van der Waals surface area contributed by atoms with Crippen molar-refractivity contribution in [3.05, 3.63) is 70.5 Å². The Bertz CT molecular complexity index is 781. The number of morpholine rings is 1. The molecule has 27 heavy (non-hydrogen) atoms. The zero-order valence-corrected chi connectivity index (χ0v) is 16.2. The minimum atomic E-state index is -0.178. The fourth-order valence-corrected chi connectivity index (χ4v) is 3.46. The maximum atomic E-state index is 13.3. The average Bonchev–Trinajstić information content (AvgIpc) is 2.64. The molecule has 2 unspecified atom stereocenters. The van der Waals surface area contributed by atoms with Gasteiger partial charge >= 0.3 is 0 Å². The van der Waals surface area contributed by atoms with Gasteiger partial charge in [-0.3, -0.25) is 4.79 Å². The Labute approximate surface area is 160 Å². The highest BCUT2D eigenvalue weighted by atomic mass is 19.1. The lowest BCUT2D eigenvalue weighted by atomic mass is 10.1. The fraction of sp³-hybridized carbons (Fsp3) is 0.409. The molecular weight excluding hydrogens is 343 g/mol. The van der Waals surface area contributed by atoms with Crippen molar-refractivity contribution in [2.45, 2.75) is 46.1 Å². The van der Waals surface area contributed by atoms with E-state index in [0.717, 1.165) is 11.1 Å². The van der Waals surface area contributed by atoms with Gasteiger partial charge in [0.15, 0.2) is 0 Å². The lowest BCUT2D eigenvalue weighted by molar-refractivity contribution is -0.0586. The third-order valence-corrected chi connectivity index (χ3v) is 4.79. The number of ether oxygens (including phenoxy) is 1. The van der Waals surface area contributed by atoms with Crippen molar-refractivity contribution in [2.24, 2.45) is 0 Å². The normalized spacial score (nSPS) is 19.9. The van der Waals surface area contributed by atoms with Crippen LogP contribution in [0.5, 0.6) is 0 Å². The summed E-state index contributed by atoms with van der Waals surface area (Å²) in [7, 11) is 0. The first-order valence-electron chi connectivity index (χ1n) is 9.42. The number of carbonyl (C=O) groups excluding carboxylic acids is 1. The fourth-order valence-electron chi connectivity index (χ4n) is 3.46. The standard InChI is InChI=1S/C22H27FN2O2/c1-15-10-19(6-9-21(15)23)12-24-11-18-4-7-20(8-5-18)22(26)25-13-16(2)27-17(3)14-25/h4-10,16-17,24H,11-14H2,1-3H3. The summed E-state index contributed by atoms with van der Waals surface area (Å²) in [6.07, 6.45) is 0.132. The molecular formula is C22H27FN2O2. The Morgan fingerprint density at radius 1 is 1.07 bits per heavy atom. The lowest BCUT2D eigenvalue weighted by Gasteiger charge is -2.35. The Kier molecular flexibility index (Phi) is 6.24. The van der Waals surface area contributed by atoms with Gasteiger partial charge < -0.3 is 15.0 Å². The summed E-state index contributed by atoms with van der Waals surface area (Å²) in [6, 6.07) is 12.9. The van der Waals surface area contributed by atoms with Gasteiger partial charge in [0.05, 0.1) is 12.2 Å². The van der Waals surface area contributed by atoms with Crippen LogP contribution in [0, 0.1) is 12.7 Å². The SMILES string of the molecule is Cc1cc(CNCc2ccc(C(=O)N3CC(C)OC(C)C3)cc2)ccc1F. The van der Waals surface area contributed by atoms with E-state index in [2.05, 4.69) is 5.32 Å². The summed E-state index contributed by atoms with van der Waals surface area (Å²) < 4.78 is 19.0. The van der Waals surface area contributed by atoms with Crippen LogP contribution in [0.2, 0.25) is 0 Å². The molecule has 0 aliphatic carbocycles. The number of rotatable bonds is 5. The van der Waals surface area contributed by atoms with Gasteiger partial charge in [-0.2, -0.15) is 0 Å². The first-order valence-corrected chi connectivity index (χ1v) is 9.42. The number of hydrogen-bond donors (Lipinski definition) is 1. The van der Waals surface area contributed by atoms with E-state index in [9.17, 15) is 9.18 Å². The zero-order valence-electron chi connectivity index (χ0n) is 16.2. The van der Waals surface area contributed by atoms with Crippen LogP contribution >= 0.6 is 0 Å². The molecule has 2 atom stereocenters. The minimum absolute atomic E-state index is 0.0540. The Balaban J connectivity index is 1.53. The van der Waals surface area contributed by atoms with E-state index in [1.54, 1.807) is 13.0 Å². The summed E-state index contributed by atoms with van der Waals surface area (Å²) in [5, 5.41) is 3.35. The molecule has 0 spiro atoms. The Morgan fingerprint density at radius 3 is 2.30 bits per heavy atom. The molecule has 1 aliphatic rings. The smallest absolute Gasteiger partial charge is 0.254 e. The Morgan fingerprint density at radius 2 is 1.67 bits per heavy atom. The van der Waals surface area contributed by atoms with Crippen molar-refractivity contribution in [3.63, 3.8) is 0 Å². The van der Waals surface area contributed by atoms with Crippen LogP contribution in [0.1, 0.15) is 40.9 Å². The second-order valence-electron chi connectivity index (χ2n) is 7.35. The van der Waals surface area contributed by atoms with Gasteiger partial charge in [-0.1, -0.05) is 24.3 Å². The van der Waals surface area contributed by atoms with Gasteiger partial charge in [-0.25, -0.2) is 4.39 Å². The summed E-state index contributed by atoms with van der Waals surface area (Å²) in [6.45, 7) is 8.38. The number of halogens is 1. The third-order valence-electron chi connectivity index (χ3n) is 4.79. The Hall–Kier alpha value is -2.24. The van der Waals surface area contributed by atoms with Crippen molar-refractivity contribution in [2.75, 3.05) is 13.1 Å². The van der Waals surface area contributed by atoms with Gasteiger partial charge in [0.25, 0.3) is 5.91 Å². The molecule has 1 saturated heterocycles. The van der Waals surface area contributed by atoms with Crippen LogP contribution in [-0.2, 0) is 17.8 Å². The van der Waals surface area contributed by atoms with E-state index in [-0.39, 0.29) is 23.9 Å². The van der Waals surface area contributed by atoms with Crippen molar-refractivity contribution >= 4 is 5.91 Å². The minimum Gasteiger partial charge on any atom is -0.372 e. The van der Waals surface area contributed by atoms with Crippen LogP contribution in [0.3, 0.4) is 0 Å². The summed E-state index contributed by atoms with van der Waals surface area (Å²) >= 11 is 0. The van der Waals surface area contributed by atoms with E-state index in [0.29, 0.717) is 37.3 Å². The molecule has 0 aromatic heterocycles. The first kappa shape index (κ1) is 19.5. The number of nitrogens with zero attached hydrogens (tertiary/aromatic N) is 1. The molecule has 3 rings (SSSR count). The molecule has 0 bridgehead atoms. The van der Waals surface area contributed by atoms with E-state index in [4.69, 9.17) is 4.74 Å². The van der Waals surface area contributed by atoms with Crippen LogP contribution < -0.4 is 5.32 Å². The number of carbonyl (C=O) groups is 1. The highest BCUT2D eigenvalue weighted by molar-refractivity contribution is 5.94. The van der Waals surface area contributed by atoms with E-state index in [1.165, 1.54) is 6.07 Å². The topological polar surface area (TPSA) is 41.6 Å². The largest absolute Gasteiger partial charge is 0.372 e. The quantitative estimate of drug-likeness (QED) is 0.873. The van der Waals surface area contributed by atoms with E-state index in [1.807, 2.05) is 49.1 Å². The molecule has 1 amide bonds. The maximum absolute atomic E-state index is 13.3. The third kappa shape index (κ3) is 5.15. The molecule has 2 aromatic rings. The van der Waals surface area contributed by atoms with Crippen LogP contribution in [-0.4, -0.2) is 36.1 Å². The molecule has 4 nitrogen and oxygen atoms in total. The van der Waals surface area contributed by atoms with Gasteiger partial charge in [0, 0.05) is 31.7 Å². The van der Waals surface area contributed by atoms with Crippen LogP contribution in [0.25, 0.3) is 0 Å².